The van der Waals surface area contributed by atoms with E-state index in [1.807, 2.05) is 6.33 Å². The van der Waals surface area contributed by atoms with Crippen LogP contribution in [0.2, 0.25) is 0 Å². The van der Waals surface area contributed by atoms with Gasteiger partial charge in [-0.25, -0.2) is 19.9 Å². The molecule has 2 N–H and O–H groups in total. The molecule has 9 nitrogen and oxygen atoms in total. The Morgan fingerprint density at radius 2 is 1.88 bits per heavy atom. The number of aromatic nitrogens is 6. The summed E-state index contributed by atoms with van der Waals surface area (Å²) in [5, 5.41) is 0. The molecule has 0 bridgehead atoms. The van der Waals surface area contributed by atoms with Crippen molar-refractivity contribution in [3.05, 3.63) is 18.7 Å². The molecule has 4 heterocycles. The highest BCUT2D eigenvalue weighted by Gasteiger charge is 2.25. The van der Waals surface area contributed by atoms with Crippen molar-refractivity contribution in [2.75, 3.05) is 36.9 Å². The SMILES string of the molecule is Nc1cnc(-c2nc(N3CCOCC3)nc3c2ncn3C2CCC2)cn1. The van der Waals surface area contributed by atoms with E-state index in [1.165, 1.54) is 19.3 Å². The fourth-order valence-electron chi connectivity index (χ4n) is 3.38. The zero-order valence-electron chi connectivity index (χ0n) is 14.4. The molecule has 2 fully saturated rings. The summed E-state index contributed by atoms with van der Waals surface area (Å²) < 4.78 is 7.64. The van der Waals surface area contributed by atoms with Crippen LogP contribution in [0.4, 0.5) is 11.8 Å². The van der Waals surface area contributed by atoms with Gasteiger partial charge in [-0.05, 0) is 19.3 Å². The quantitative estimate of drug-likeness (QED) is 0.754. The smallest absolute Gasteiger partial charge is 0.228 e. The minimum atomic E-state index is 0.382. The summed E-state index contributed by atoms with van der Waals surface area (Å²) in [5.74, 6) is 1.07. The normalized spacial score (nSPS) is 18.2. The number of nitrogens with two attached hydrogens (primary N) is 1. The van der Waals surface area contributed by atoms with Crippen LogP contribution in [0.25, 0.3) is 22.6 Å². The largest absolute Gasteiger partial charge is 0.382 e. The summed E-state index contributed by atoms with van der Waals surface area (Å²) in [6.07, 6.45) is 8.64. The third-order valence-electron chi connectivity index (χ3n) is 5.09. The van der Waals surface area contributed by atoms with Crippen molar-refractivity contribution < 1.29 is 4.74 Å². The van der Waals surface area contributed by atoms with Crippen LogP contribution in [-0.2, 0) is 4.74 Å². The molecule has 1 saturated carbocycles. The maximum Gasteiger partial charge on any atom is 0.228 e. The van der Waals surface area contributed by atoms with Gasteiger partial charge in [0, 0.05) is 19.1 Å². The van der Waals surface area contributed by atoms with Crippen LogP contribution in [0.5, 0.6) is 0 Å². The Balaban J connectivity index is 1.68. The molecule has 0 spiro atoms. The first-order valence-electron chi connectivity index (χ1n) is 8.95. The van der Waals surface area contributed by atoms with Crippen molar-refractivity contribution in [2.24, 2.45) is 0 Å². The summed E-state index contributed by atoms with van der Waals surface area (Å²) in [4.78, 5) is 24.9. The molecule has 3 aromatic rings. The van der Waals surface area contributed by atoms with Gasteiger partial charge in [0.2, 0.25) is 5.95 Å². The van der Waals surface area contributed by atoms with Crippen LogP contribution in [0.1, 0.15) is 25.3 Å². The maximum atomic E-state index is 5.69. The third kappa shape index (κ3) is 2.55. The lowest BCUT2D eigenvalue weighted by Gasteiger charge is -2.28. The average Bonchev–Trinajstić information content (AvgIpc) is 3.05. The number of nitrogen functional groups attached to an aromatic ring is 1. The predicted molar refractivity (Wildman–Crippen MR) is 96.7 cm³/mol. The molecule has 0 radical (unpaired) electrons. The van der Waals surface area contributed by atoms with Gasteiger partial charge in [0.1, 0.15) is 22.7 Å². The predicted octanol–water partition coefficient (Wildman–Crippen LogP) is 1.43. The molecule has 2 aliphatic rings. The highest BCUT2D eigenvalue weighted by atomic mass is 16.5. The van der Waals surface area contributed by atoms with E-state index < -0.39 is 0 Å². The minimum absolute atomic E-state index is 0.382. The fourth-order valence-corrected chi connectivity index (χ4v) is 3.38. The molecule has 0 amide bonds. The number of nitrogens with zero attached hydrogens (tertiary/aromatic N) is 7. The lowest BCUT2D eigenvalue weighted by Crippen LogP contribution is -2.37. The van der Waals surface area contributed by atoms with Gasteiger partial charge in [0.25, 0.3) is 0 Å². The van der Waals surface area contributed by atoms with E-state index in [-0.39, 0.29) is 0 Å². The minimum Gasteiger partial charge on any atom is -0.382 e. The van der Waals surface area contributed by atoms with E-state index in [1.54, 1.807) is 12.4 Å². The Bertz CT molecular complexity index is 928. The van der Waals surface area contributed by atoms with E-state index >= 15 is 0 Å². The van der Waals surface area contributed by atoms with Gasteiger partial charge in [-0.2, -0.15) is 4.98 Å². The van der Waals surface area contributed by atoms with Crippen molar-refractivity contribution in [1.82, 2.24) is 29.5 Å². The summed E-state index contributed by atoms with van der Waals surface area (Å²) in [6.45, 7) is 2.91. The molecule has 26 heavy (non-hydrogen) atoms. The Hall–Kier alpha value is -2.81. The molecule has 1 aliphatic carbocycles. The van der Waals surface area contributed by atoms with Crippen molar-refractivity contribution in [1.29, 1.82) is 0 Å². The molecule has 1 aliphatic heterocycles. The van der Waals surface area contributed by atoms with Gasteiger partial charge in [-0.3, -0.25) is 0 Å². The van der Waals surface area contributed by atoms with E-state index in [0.717, 1.165) is 24.3 Å². The standard InChI is InChI=1S/C17H20N8O/c18-13-9-19-12(8-20-13)14-15-16(25(10-21-15)11-2-1-3-11)23-17(22-14)24-4-6-26-7-5-24/h8-11H,1-7H2,(H2,18,20). The van der Waals surface area contributed by atoms with Gasteiger partial charge in [0.05, 0.1) is 31.9 Å². The highest BCUT2D eigenvalue weighted by molar-refractivity contribution is 5.87. The second kappa shape index (κ2) is 6.17. The van der Waals surface area contributed by atoms with Crippen LogP contribution in [0, 0.1) is 0 Å². The monoisotopic (exact) mass is 352 g/mol. The van der Waals surface area contributed by atoms with Crippen LogP contribution in [-0.4, -0.2) is 55.8 Å². The molecule has 0 atom stereocenters. The van der Waals surface area contributed by atoms with Crippen molar-refractivity contribution in [3.8, 4) is 11.4 Å². The number of hydrogen-bond donors (Lipinski definition) is 1. The Kier molecular flexibility index (Phi) is 3.66. The number of fused-ring (bicyclic) bond motifs is 1. The number of imidazole rings is 1. The first-order valence-corrected chi connectivity index (χ1v) is 8.95. The van der Waals surface area contributed by atoms with Crippen molar-refractivity contribution in [3.63, 3.8) is 0 Å². The lowest BCUT2D eigenvalue weighted by molar-refractivity contribution is 0.122. The fraction of sp³-hybridized carbons (Fsp3) is 0.471. The highest BCUT2D eigenvalue weighted by Crippen LogP contribution is 2.35. The number of ether oxygens (including phenoxy) is 1. The van der Waals surface area contributed by atoms with E-state index in [9.17, 15) is 0 Å². The number of anilines is 2. The summed E-state index contributed by atoms with van der Waals surface area (Å²) in [7, 11) is 0. The zero-order valence-corrected chi connectivity index (χ0v) is 14.4. The zero-order chi connectivity index (χ0) is 17.5. The second-order valence-corrected chi connectivity index (χ2v) is 6.71. The van der Waals surface area contributed by atoms with Gasteiger partial charge in [-0.15, -0.1) is 0 Å². The van der Waals surface area contributed by atoms with E-state index in [0.29, 0.717) is 42.4 Å². The van der Waals surface area contributed by atoms with Gasteiger partial charge >= 0.3 is 0 Å². The second-order valence-electron chi connectivity index (χ2n) is 6.71. The lowest BCUT2D eigenvalue weighted by atomic mass is 9.93. The topological polar surface area (TPSA) is 108 Å². The molecule has 5 rings (SSSR count). The van der Waals surface area contributed by atoms with E-state index in [4.69, 9.17) is 20.4 Å². The molecule has 134 valence electrons. The number of morpholine rings is 1. The number of rotatable bonds is 3. The Labute approximate surface area is 150 Å². The van der Waals surface area contributed by atoms with Gasteiger partial charge in [0.15, 0.2) is 5.65 Å². The van der Waals surface area contributed by atoms with Crippen molar-refractivity contribution >= 4 is 22.9 Å². The summed E-state index contributed by atoms with van der Waals surface area (Å²) in [6, 6.07) is 0.470. The molecule has 0 aromatic carbocycles. The molecular formula is C17H20N8O. The van der Waals surface area contributed by atoms with Crippen molar-refractivity contribution in [2.45, 2.75) is 25.3 Å². The maximum absolute atomic E-state index is 5.69. The molecular weight excluding hydrogens is 332 g/mol. The van der Waals surface area contributed by atoms with Crippen LogP contribution < -0.4 is 10.6 Å². The van der Waals surface area contributed by atoms with Crippen LogP contribution in [0.15, 0.2) is 18.7 Å². The molecule has 9 heteroatoms. The number of hydrogen-bond acceptors (Lipinski definition) is 8. The first-order chi connectivity index (χ1) is 12.8. The molecule has 1 saturated heterocycles. The average molecular weight is 352 g/mol. The van der Waals surface area contributed by atoms with Crippen LogP contribution >= 0.6 is 0 Å². The summed E-state index contributed by atoms with van der Waals surface area (Å²) >= 11 is 0. The van der Waals surface area contributed by atoms with Gasteiger partial charge in [-0.1, -0.05) is 0 Å². The van der Waals surface area contributed by atoms with E-state index in [2.05, 4.69) is 24.4 Å². The molecule has 0 unspecified atom stereocenters. The first kappa shape index (κ1) is 15.4. The summed E-state index contributed by atoms with van der Waals surface area (Å²) in [5.41, 5.74) is 8.65. The van der Waals surface area contributed by atoms with Gasteiger partial charge < -0.3 is 19.9 Å². The van der Waals surface area contributed by atoms with Crippen LogP contribution in [0.3, 0.4) is 0 Å². The third-order valence-corrected chi connectivity index (χ3v) is 5.09. The molecule has 3 aromatic heterocycles. The Morgan fingerprint density at radius 3 is 2.58 bits per heavy atom. The Morgan fingerprint density at radius 1 is 1.04 bits per heavy atom.